The second-order valence-electron chi connectivity index (χ2n) is 5.77. The maximum atomic E-state index is 12.9. The molecule has 7 nitrogen and oxygen atoms in total. The van der Waals surface area contributed by atoms with Gasteiger partial charge in [-0.3, -0.25) is 9.59 Å². The molecule has 2 heterocycles. The van der Waals surface area contributed by atoms with E-state index in [1.807, 2.05) is 37.3 Å². The molecule has 1 aromatic heterocycles. The Bertz CT molecular complexity index is 729. The summed E-state index contributed by atoms with van der Waals surface area (Å²) < 4.78 is 0. The summed E-state index contributed by atoms with van der Waals surface area (Å²) in [5.74, 6) is 0.567. The molecule has 1 aliphatic rings. The molecule has 0 spiro atoms. The Morgan fingerprint density at radius 1 is 1.16 bits per heavy atom. The summed E-state index contributed by atoms with van der Waals surface area (Å²) in [6.45, 7) is 5.19. The molecule has 3 rings (SSSR count). The third-order valence-corrected chi connectivity index (χ3v) is 4.29. The maximum Gasteiger partial charge on any atom is 0.277 e. The number of hydrogen-bond acceptors (Lipinski definition) is 5. The van der Waals surface area contributed by atoms with Crippen LogP contribution in [-0.2, 0) is 4.79 Å². The molecule has 0 radical (unpaired) electrons. The van der Waals surface area contributed by atoms with Gasteiger partial charge in [0.25, 0.3) is 5.91 Å². The lowest BCUT2D eigenvalue weighted by atomic mass is 10.2. The van der Waals surface area contributed by atoms with Gasteiger partial charge in [0.2, 0.25) is 6.41 Å². The van der Waals surface area contributed by atoms with Gasteiger partial charge in [0, 0.05) is 44.5 Å². The number of hydrogen-bond donors (Lipinski definition) is 0. The Balaban J connectivity index is 1.79. The van der Waals surface area contributed by atoms with Crippen molar-refractivity contribution in [3.05, 3.63) is 48.4 Å². The minimum absolute atomic E-state index is 0.149. The van der Waals surface area contributed by atoms with Crippen molar-refractivity contribution < 1.29 is 9.59 Å². The van der Waals surface area contributed by atoms with Gasteiger partial charge >= 0.3 is 0 Å². The molecule has 0 unspecified atom stereocenters. The third-order valence-electron chi connectivity index (χ3n) is 4.29. The molecule has 130 valence electrons. The van der Waals surface area contributed by atoms with E-state index in [1.165, 1.54) is 6.33 Å². The monoisotopic (exact) mass is 339 g/mol. The molecule has 0 aliphatic carbocycles. The lowest BCUT2D eigenvalue weighted by molar-refractivity contribution is -0.118. The molecule has 0 N–H and O–H groups in total. The SMILES string of the molecule is CCN(C(=O)c1cc(N2CCN(C=O)CC2)ncn1)c1ccccc1. The van der Waals surface area contributed by atoms with Crippen molar-refractivity contribution in [2.24, 2.45) is 0 Å². The zero-order valence-corrected chi connectivity index (χ0v) is 14.2. The second-order valence-corrected chi connectivity index (χ2v) is 5.77. The summed E-state index contributed by atoms with van der Waals surface area (Å²) in [6.07, 6.45) is 2.29. The van der Waals surface area contributed by atoms with Gasteiger partial charge in [-0.1, -0.05) is 18.2 Å². The first kappa shape index (κ1) is 16.9. The number of carbonyl (C=O) groups is 2. The predicted molar refractivity (Wildman–Crippen MR) is 95.7 cm³/mol. The largest absolute Gasteiger partial charge is 0.353 e. The summed E-state index contributed by atoms with van der Waals surface area (Å²) in [7, 11) is 0. The van der Waals surface area contributed by atoms with E-state index in [0.717, 1.165) is 12.1 Å². The maximum absolute atomic E-state index is 12.9. The average molecular weight is 339 g/mol. The molecule has 0 atom stereocenters. The van der Waals surface area contributed by atoms with Crippen LogP contribution in [0.1, 0.15) is 17.4 Å². The predicted octanol–water partition coefficient (Wildman–Crippen LogP) is 1.42. The van der Waals surface area contributed by atoms with Crippen molar-refractivity contribution >= 4 is 23.8 Å². The number of amides is 2. The number of piperazine rings is 1. The molecule has 1 fully saturated rings. The summed E-state index contributed by atoms with van der Waals surface area (Å²) in [4.78, 5) is 37.6. The first-order chi connectivity index (χ1) is 12.2. The van der Waals surface area contributed by atoms with Crippen molar-refractivity contribution in [1.29, 1.82) is 0 Å². The fraction of sp³-hybridized carbons (Fsp3) is 0.333. The van der Waals surface area contributed by atoms with Crippen LogP contribution < -0.4 is 9.80 Å². The Hall–Kier alpha value is -2.96. The van der Waals surface area contributed by atoms with Crippen molar-refractivity contribution in [2.45, 2.75) is 6.92 Å². The lowest BCUT2D eigenvalue weighted by Crippen LogP contribution is -2.46. The molecule has 1 saturated heterocycles. The third kappa shape index (κ3) is 3.76. The molecule has 0 bridgehead atoms. The van der Waals surface area contributed by atoms with Crippen LogP contribution in [0.3, 0.4) is 0 Å². The van der Waals surface area contributed by atoms with Crippen LogP contribution >= 0.6 is 0 Å². The van der Waals surface area contributed by atoms with Crippen molar-refractivity contribution in [2.75, 3.05) is 42.5 Å². The standard InChI is InChI=1S/C18H21N5O2/c1-2-23(15-6-4-3-5-7-15)18(25)16-12-17(20-13-19-16)22-10-8-21(14-24)9-11-22/h3-7,12-14H,2,8-11H2,1H3. The lowest BCUT2D eigenvalue weighted by Gasteiger charge is -2.33. The van der Waals surface area contributed by atoms with Gasteiger partial charge in [-0.15, -0.1) is 0 Å². The highest BCUT2D eigenvalue weighted by atomic mass is 16.2. The molecular weight excluding hydrogens is 318 g/mol. The topological polar surface area (TPSA) is 69.6 Å². The molecule has 2 aromatic rings. The van der Waals surface area contributed by atoms with Gasteiger partial charge in [-0.05, 0) is 19.1 Å². The number of para-hydroxylation sites is 1. The van der Waals surface area contributed by atoms with Gasteiger partial charge in [0.05, 0.1) is 0 Å². The number of nitrogens with zero attached hydrogens (tertiary/aromatic N) is 5. The number of carbonyl (C=O) groups excluding carboxylic acids is 2. The summed E-state index contributed by atoms with van der Waals surface area (Å²) >= 11 is 0. The van der Waals surface area contributed by atoms with E-state index < -0.39 is 0 Å². The fourth-order valence-electron chi connectivity index (χ4n) is 2.88. The fourth-order valence-corrected chi connectivity index (χ4v) is 2.88. The van der Waals surface area contributed by atoms with Gasteiger partial charge in [0.1, 0.15) is 17.8 Å². The van der Waals surface area contributed by atoms with Crippen LogP contribution in [-0.4, -0.2) is 59.9 Å². The van der Waals surface area contributed by atoms with Gasteiger partial charge in [0.15, 0.2) is 0 Å². The molecule has 7 heteroatoms. The number of rotatable bonds is 5. The Morgan fingerprint density at radius 3 is 2.52 bits per heavy atom. The normalized spacial score (nSPS) is 14.3. The smallest absolute Gasteiger partial charge is 0.277 e. The van der Waals surface area contributed by atoms with E-state index in [0.29, 0.717) is 44.2 Å². The van der Waals surface area contributed by atoms with Crippen LogP contribution in [0.15, 0.2) is 42.7 Å². The van der Waals surface area contributed by atoms with Crippen LogP contribution in [0.2, 0.25) is 0 Å². The van der Waals surface area contributed by atoms with E-state index in [9.17, 15) is 9.59 Å². The Morgan fingerprint density at radius 2 is 1.88 bits per heavy atom. The number of aromatic nitrogens is 2. The van der Waals surface area contributed by atoms with Gasteiger partial charge in [-0.2, -0.15) is 0 Å². The molecule has 0 saturated carbocycles. The number of anilines is 2. The molecular formula is C18H21N5O2. The summed E-state index contributed by atoms with van der Waals surface area (Å²) in [6, 6.07) is 11.3. The summed E-state index contributed by atoms with van der Waals surface area (Å²) in [5, 5.41) is 0. The molecule has 25 heavy (non-hydrogen) atoms. The second kappa shape index (κ2) is 7.74. The minimum atomic E-state index is -0.149. The minimum Gasteiger partial charge on any atom is -0.353 e. The van der Waals surface area contributed by atoms with Crippen molar-refractivity contribution in [3.63, 3.8) is 0 Å². The quantitative estimate of drug-likeness (QED) is 0.771. The first-order valence-electron chi connectivity index (χ1n) is 8.36. The van der Waals surface area contributed by atoms with Crippen LogP contribution in [0.25, 0.3) is 0 Å². The van der Waals surface area contributed by atoms with Crippen LogP contribution in [0.5, 0.6) is 0 Å². The highest BCUT2D eigenvalue weighted by Gasteiger charge is 2.21. The molecule has 2 amide bonds. The molecule has 1 aliphatic heterocycles. The highest BCUT2D eigenvalue weighted by molar-refractivity contribution is 6.05. The first-order valence-corrected chi connectivity index (χ1v) is 8.36. The van der Waals surface area contributed by atoms with Crippen LogP contribution in [0, 0.1) is 0 Å². The van der Waals surface area contributed by atoms with Gasteiger partial charge in [-0.25, -0.2) is 9.97 Å². The average Bonchev–Trinajstić information content (AvgIpc) is 2.69. The van der Waals surface area contributed by atoms with E-state index in [4.69, 9.17) is 0 Å². The van der Waals surface area contributed by atoms with E-state index in [-0.39, 0.29) is 5.91 Å². The van der Waals surface area contributed by atoms with Crippen LogP contribution in [0.4, 0.5) is 11.5 Å². The van der Waals surface area contributed by atoms with E-state index in [2.05, 4.69) is 14.9 Å². The van der Waals surface area contributed by atoms with Gasteiger partial charge < -0.3 is 14.7 Å². The number of benzene rings is 1. The van der Waals surface area contributed by atoms with Crippen molar-refractivity contribution in [3.8, 4) is 0 Å². The van der Waals surface area contributed by atoms with Crippen molar-refractivity contribution in [1.82, 2.24) is 14.9 Å². The van der Waals surface area contributed by atoms with E-state index >= 15 is 0 Å². The Kier molecular flexibility index (Phi) is 5.23. The zero-order valence-electron chi connectivity index (χ0n) is 14.2. The highest BCUT2D eigenvalue weighted by Crippen LogP contribution is 2.18. The Labute approximate surface area is 146 Å². The van der Waals surface area contributed by atoms with E-state index in [1.54, 1.807) is 15.9 Å². The molecule has 1 aromatic carbocycles. The zero-order chi connectivity index (χ0) is 17.6. The summed E-state index contributed by atoms with van der Waals surface area (Å²) in [5.41, 5.74) is 1.21.